The van der Waals surface area contributed by atoms with Gasteiger partial charge in [-0.15, -0.1) is 22.7 Å². The van der Waals surface area contributed by atoms with Crippen molar-refractivity contribution in [3.05, 3.63) is 206 Å². The molecule has 0 amide bonds. The zero-order valence-electron chi connectivity index (χ0n) is 31.3. The molecule has 0 aliphatic rings. The van der Waals surface area contributed by atoms with Crippen LogP contribution in [0, 0.1) is 0 Å². The van der Waals surface area contributed by atoms with E-state index in [1.807, 2.05) is 22.7 Å². The smallest absolute Gasteiger partial charge is 0.0547 e. The second kappa shape index (κ2) is 13.3. The largest absolute Gasteiger partial charge is 0.310 e. The molecule has 0 radical (unpaired) electrons. The molecule has 0 aliphatic heterocycles. The Labute approximate surface area is 343 Å². The number of anilines is 3. The quantitative estimate of drug-likeness (QED) is 0.163. The number of para-hydroxylation sites is 2. The predicted molar refractivity (Wildman–Crippen MR) is 252 cm³/mol. The minimum absolute atomic E-state index is 1.11. The van der Waals surface area contributed by atoms with E-state index < -0.39 is 0 Å². The van der Waals surface area contributed by atoms with Gasteiger partial charge in [-0.1, -0.05) is 121 Å². The minimum Gasteiger partial charge on any atom is -0.310 e. The topological polar surface area (TPSA) is 8.17 Å². The van der Waals surface area contributed by atoms with Gasteiger partial charge in [0.25, 0.3) is 0 Å². The van der Waals surface area contributed by atoms with Crippen LogP contribution in [0.25, 0.3) is 90.1 Å². The second-order valence-corrected chi connectivity index (χ2v) is 17.1. The lowest BCUT2D eigenvalue weighted by Gasteiger charge is -2.26. The summed E-state index contributed by atoms with van der Waals surface area (Å²) in [6.45, 7) is 0. The lowest BCUT2D eigenvalue weighted by atomic mass is 10.0. The van der Waals surface area contributed by atoms with E-state index >= 15 is 0 Å². The van der Waals surface area contributed by atoms with Crippen LogP contribution in [0.4, 0.5) is 17.1 Å². The Balaban J connectivity index is 0.956. The van der Waals surface area contributed by atoms with E-state index in [-0.39, 0.29) is 0 Å². The summed E-state index contributed by atoms with van der Waals surface area (Å²) in [6.07, 6.45) is 0. The molecule has 272 valence electrons. The monoisotopic (exact) mass is 774 g/mol. The summed E-state index contributed by atoms with van der Waals surface area (Å²) in [4.78, 5) is 2.39. The van der Waals surface area contributed by atoms with E-state index in [4.69, 9.17) is 0 Å². The van der Waals surface area contributed by atoms with Crippen LogP contribution in [0.1, 0.15) is 0 Å². The molecule has 0 unspecified atom stereocenters. The third kappa shape index (κ3) is 5.37. The highest BCUT2D eigenvalue weighted by molar-refractivity contribution is 7.26. The Morgan fingerprint density at radius 3 is 1.48 bits per heavy atom. The standard InChI is InChI=1S/C54H34N2S2/c1-2-10-39(11-3-1)56-49-15-7-4-12-43(49)44-29-22-37(32-50(44)56)35-18-24-40(25-19-35)55(42-28-31-53-48(34-42)46-14-6-9-17-52(46)57-53)41-26-20-36(21-27-41)38-23-30-47-45-13-5-8-16-51(45)58-54(47)33-38/h1-34H. The van der Waals surface area contributed by atoms with E-state index in [0.717, 1.165) is 17.1 Å². The maximum absolute atomic E-state index is 2.39. The second-order valence-electron chi connectivity index (χ2n) is 14.9. The van der Waals surface area contributed by atoms with Gasteiger partial charge in [0.05, 0.1) is 11.0 Å². The van der Waals surface area contributed by atoms with Crippen LogP contribution in [0.3, 0.4) is 0 Å². The molecular formula is C54H34N2S2. The van der Waals surface area contributed by atoms with Crippen molar-refractivity contribution in [2.75, 3.05) is 4.90 Å². The molecule has 12 rings (SSSR count). The molecule has 0 spiro atoms. The van der Waals surface area contributed by atoms with Crippen molar-refractivity contribution >= 4 is 102 Å². The summed E-state index contributed by atoms with van der Waals surface area (Å²) in [5.74, 6) is 0. The molecule has 9 aromatic carbocycles. The Morgan fingerprint density at radius 1 is 0.293 bits per heavy atom. The van der Waals surface area contributed by atoms with Crippen molar-refractivity contribution in [2.24, 2.45) is 0 Å². The summed E-state index contributed by atoms with van der Waals surface area (Å²) in [7, 11) is 0. The minimum atomic E-state index is 1.11. The van der Waals surface area contributed by atoms with Gasteiger partial charge in [0, 0.05) is 73.9 Å². The molecule has 3 aromatic heterocycles. The average Bonchev–Trinajstić information content (AvgIpc) is 3.96. The number of fused-ring (bicyclic) bond motifs is 9. The van der Waals surface area contributed by atoms with E-state index in [1.54, 1.807) is 0 Å². The SMILES string of the molecule is c1ccc(-n2c3ccccc3c3ccc(-c4ccc(N(c5ccc(-c6ccc7c(c6)sc6ccccc67)cc5)c5ccc6sc7ccccc7c6c5)cc4)cc32)cc1. The highest BCUT2D eigenvalue weighted by Crippen LogP contribution is 2.43. The molecule has 0 saturated heterocycles. The van der Waals surface area contributed by atoms with Crippen molar-refractivity contribution in [2.45, 2.75) is 0 Å². The van der Waals surface area contributed by atoms with Crippen molar-refractivity contribution < 1.29 is 0 Å². The fourth-order valence-electron chi connectivity index (χ4n) is 8.82. The number of hydrogen-bond donors (Lipinski definition) is 0. The zero-order chi connectivity index (χ0) is 38.2. The third-order valence-corrected chi connectivity index (χ3v) is 13.9. The first-order chi connectivity index (χ1) is 28.7. The Hall–Kier alpha value is -6.98. The van der Waals surface area contributed by atoms with Crippen LogP contribution < -0.4 is 4.90 Å². The van der Waals surface area contributed by atoms with Gasteiger partial charge in [0.1, 0.15) is 0 Å². The molecule has 12 aromatic rings. The lowest BCUT2D eigenvalue weighted by Crippen LogP contribution is -2.09. The van der Waals surface area contributed by atoms with E-state index in [9.17, 15) is 0 Å². The molecule has 0 fully saturated rings. The van der Waals surface area contributed by atoms with E-state index in [0.29, 0.717) is 0 Å². The fraction of sp³-hybridized carbons (Fsp3) is 0. The highest BCUT2D eigenvalue weighted by atomic mass is 32.1. The van der Waals surface area contributed by atoms with E-state index in [2.05, 4.69) is 216 Å². The molecule has 0 saturated carbocycles. The van der Waals surface area contributed by atoms with Gasteiger partial charge in [0.2, 0.25) is 0 Å². The first-order valence-electron chi connectivity index (χ1n) is 19.7. The maximum atomic E-state index is 2.39. The predicted octanol–water partition coefficient (Wildman–Crippen LogP) is 16.3. The van der Waals surface area contributed by atoms with Crippen molar-refractivity contribution in [1.29, 1.82) is 0 Å². The number of thiophene rings is 2. The van der Waals surface area contributed by atoms with Gasteiger partial charge in [-0.3, -0.25) is 0 Å². The van der Waals surface area contributed by atoms with Gasteiger partial charge in [-0.25, -0.2) is 0 Å². The van der Waals surface area contributed by atoms with Crippen LogP contribution in [0.2, 0.25) is 0 Å². The summed E-state index contributed by atoms with van der Waals surface area (Å²) >= 11 is 3.72. The summed E-state index contributed by atoms with van der Waals surface area (Å²) in [6, 6.07) is 75.7. The van der Waals surface area contributed by atoms with Crippen molar-refractivity contribution in [3.8, 4) is 27.9 Å². The molecule has 3 heterocycles. The Morgan fingerprint density at radius 2 is 0.776 bits per heavy atom. The lowest BCUT2D eigenvalue weighted by molar-refractivity contribution is 1.18. The van der Waals surface area contributed by atoms with E-state index in [1.165, 1.54) is 90.1 Å². The van der Waals surface area contributed by atoms with Crippen LogP contribution in [0.5, 0.6) is 0 Å². The maximum Gasteiger partial charge on any atom is 0.0547 e. The number of benzene rings is 9. The van der Waals surface area contributed by atoms with Crippen molar-refractivity contribution in [3.63, 3.8) is 0 Å². The van der Waals surface area contributed by atoms with Crippen LogP contribution in [-0.2, 0) is 0 Å². The summed E-state index contributed by atoms with van der Waals surface area (Å²) in [5.41, 5.74) is 11.8. The molecule has 0 bridgehead atoms. The van der Waals surface area contributed by atoms with Gasteiger partial charge in [-0.05, 0) is 107 Å². The van der Waals surface area contributed by atoms with Crippen molar-refractivity contribution in [1.82, 2.24) is 4.57 Å². The Kier molecular flexibility index (Phi) is 7.62. The van der Waals surface area contributed by atoms with Crippen LogP contribution in [-0.4, -0.2) is 4.57 Å². The number of hydrogen-bond acceptors (Lipinski definition) is 3. The van der Waals surface area contributed by atoms with Gasteiger partial charge >= 0.3 is 0 Å². The third-order valence-electron chi connectivity index (χ3n) is 11.6. The first-order valence-corrected chi connectivity index (χ1v) is 21.3. The highest BCUT2D eigenvalue weighted by Gasteiger charge is 2.17. The molecule has 58 heavy (non-hydrogen) atoms. The van der Waals surface area contributed by atoms with Gasteiger partial charge in [-0.2, -0.15) is 0 Å². The number of aromatic nitrogens is 1. The zero-order valence-corrected chi connectivity index (χ0v) is 33.0. The van der Waals surface area contributed by atoms with Crippen LogP contribution >= 0.6 is 22.7 Å². The average molecular weight is 775 g/mol. The van der Waals surface area contributed by atoms with Gasteiger partial charge < -0.3 is 9.47 Å². The van der Waals surface area contributed by atoms with Gasteiger partial charge in [0.15, 0.2) is 0 Å². The first kappa shape index (κ1) is 33.2. The fourth-order valence-corrected chi connectivity index (χ4v) is 11.0. The molecular weight excluding hydrogens is 741 g/mol. The summed E-state index contributed by atoms with van der Waals surface area (Å²) in [5, 5.41) is 7.77. The molecule has 0 aliphatic carbocycles. The number of nitrogens with zero attached hydrogens (tertiary/aromatic N) is 2. The summed E-state index contributed by atoms with van der Waals surface area (Å²) < 4.78 is 7.66. The van der Waals surface area contributed by atoms with Crippen LogP contribution in [0.15, 0.2) is 206 Å². The molecule has 0 atom stereocenters. The molecule has 0 N–H and O–H groups in total. The Bertz CT molecular complexity index is 3500. The normalized spacial score (nSPS) is 11.8. The number of rotatable bonds is 6. The molecule has 2 nitrogen and oxygen atoms in total. The molecule has 4 heteroatoms.